The molecule has 0 unspecified atom stereocenters. The van der Waals surface area contributed by atoms with Gasteiger partial charge in [-0.15, -0.1) is 11.3 Å². The molecule has 0 atom stereocenters. The fraction of sp³-hybridized carbons (Fsp3) is 0.636. The summed E-state index contributed by atoms with van der Waals surface area (Å²) in [6.07, 6.45) is 3.42. The third-order valence-corrected chi connectivity index (χ3v) is 4.82. The highest BCUT2D eigenvalue weighted by Gasteiger charge is 2.23. The van der Waals surface area contributed by atoms with Gasteiger partial charge in [-0.2, -0.15) is 0 Å². The molecule has 17 heavy (non-hydrogen) atoms. The first-order valence-electron chi connectivity index (χ1n) is 5.90. The number of hydrogen-bond acceptors (Lipinski definition) is 5. The summed E-state index contributed by atoms with van der Waals surface area (Å²) in [4.78, 5) is 19.0. The second kappa shape index (κ2) is 5.73. The standard InChI is InChI=1S/C11H17N3OS2/c1-2-16-11-13-9(12)8(17-11)10(15)14-6-4-3-5-7-14/h2-7,12H2,1H3. The lowest BCUT2D eigenvalue weighted by Gasteiger charge is -2.26. The molecule has 4 nitrogen and oxygen atoms in total. The first kappa shape index (κ1) is 12.7. The van der Waals surface area contributed by atoms with Crippen LogP contribution in [0.25, 0.3) is 0 Å². The van der Waals surface area contributed by atoms with Crippen molar-refractivity contribution in [1.82, 2.24) is 9.88 Å². The summed E-state index contributed by atoms with van der Waals surface area (Å²) in [6, 6.07) is 0. The SMILES string of the molecule is CCSc1nc(N)c(C(=O)N2CCCCC2)s1. The van der Waals surface area contributed by atoms with Crippen LogP contribution in [0.4, 0.5) is 5.82 Å². The van der Waals surface area contributed by atoms with Gasteiger partial charge in [-0.3, -0.25) is 4.79 Å². The lowest BCUT2D eigenvalue weighted by molar-refractivity contribution is 0.0730. The molecule has 0 saturated carbocycles. The maximum Gasteiger partial charge on any atom is 0.267 e. The van der Waals surface area contributed by atoms with Crippen molar-refractivity contribution in [1.29, 1.82) is 0 Å². The van der Waals surface area contributed by atoms with Crippen molar-refractivity contribution in [3.8, 4) is 0 Å². The third-order valence-electron chi connectivity index (χ3n) is 2.74. The van der Waals surface area contributed by atoms with Crippen LogP contribution in [0, 0.1) is 0 Å². The molecule has 1 aromatic rings. The predicted octanol–water partition coefficient (Wildman–Crippen LogP) is 2.46. The lowest BCUT2D eigenvalue weighted by atomic mass is 10.1. The lowest BCUT2D eigenvalue weighted by Crippen LogP contribution is -2.35. The number of anilines is 1. The van der Waals surface area contributed by atoms with Gasteiger partial charge in [0.25, 0.3) is 5.91 Å². The molecule has 0 spiro atoms. The maximum atomic E-state index is 12.2. The number of carbonyl (C=O) groups excluding carboxylic acids is 1. The largest absolute Gasteiger partial charge is 0.382 e. The van der Waals surface area contributed by atoms with Crippen molar-refractivity contribution < 1.29 is 4.79 Å². The molecule has 0 bridgehead atoms. The number of rotatable bonds is 3. The first-order valence-corrected chi connectivity index (χ1v) is 7.71. The Kier molecular flexibility index (Phi) is 4.28. The summed E-state index contributed by atoms with van der Waals surface area (Å²) in [5, 5.41) is 0. The second-order valence-corrected chi connectivity index (χ2v) is 6.49. The number of amides is 1. The van der Waals surface area contributed by atoms with Gasteiger partial charge in [0.05, 0.1) is 0 Å². The summed E-state index contributed by atoms with van der Waals surface area (Å²) >= 11 is 3.05. The quantitative estimate of drug-likeness (QED) is 0.858. The van der Waals surface area contributed by atoms with Crippen LogP contribution in [-0.2, 0) is 0 Å². The molecular formula is C11H17N3OS2. The molecular weight excluding hydrogens is 254 g/mol. The van der Waals surface area contributed by atoms with Crippen LogP contribution in [0.3, 0.4) is 0 Å². The summed E-state index contributed by atoms with van der Waals surface area (Å²) in [5.74, 6) is 1.40. The molecule has 0 aromatic carbocycles. The average molecular weight is 271 g/mol. The molecule has 6 heteroatoms. The van der Waals surface area contributed by atoms with Gasteiger partial charge in [0.1, 0.15) is 10.7 Å². The number of hydrogen-bond donors (Lipinski definition) is 1. The van der Waals surface area contributed by atoms with Crippen molar-refractivity contribution in [3.05, 3.63) is 4.88 Å². The monoisotopic (exact) mass is 271 g/mol. The van der Waals surface area contributed by atoms with E-state index in [-0.39, 0.29) is 5.91 Å². The van der Waals surface area contributed by atoms with Crippen LogP contribution < -0.4 is 5.73 Å². The molecule has 0 radical (unpaired) electrons. The number of thioether (sulfide) groups is 1. The van der Waals surface area contributed by atoms with Crippen molar-refractivity contribution in [2.24, 2.45) is 0 Å². The molecule has 1 aliphatic rings. The minimum Gasteiger partial charge on any atom is -0.382 e. The average Bonchev–Trinajstić information content (AvgIpc) is 2.71. The summed E-state index contributed by atoms with van der Waals surface area (Å²) in [6.45, 7) is 3.77. The van der Waals surface area contributed by atoms with E-state index in [1.807, 2.05) is 4.90 Å². The van der Waals surface area contributed by atoms with Gasteiger partial charge in [0.2, 0.25) is 0 Å². The van der Waals surface area contributed by atoms with Crippen LogP contribution in [0.1, 0.15) is 35.9 Å². The molecule has 94 valence electrons. The molecule has 2 rings (SSSR count). The Bertz CT molecular complexity index is 399. The number of thiazole rings is 1. The van der Waals surface area contributed by atoms with Crippen LogP contribution in [0.5, 0.6) is 0 Å². The molecule has 2 N–H and O–H groups in total. The van der Waals surface area contributed by atoms with Crippen LogP contribution >= 0.6 is 23.1 Å². The van der Waals surface area contributed by atoms with Crippen molar-refractivity contribution in [2.45, 2.75) is 30.5 Å². The number of likely N-dealkylation sites (tertiary alicyclic amines) is 1. The van der Waals surface area contributed by atoms with E-state index < -0.39 is 0 Å². The van der Waals surface area contributed by atoms with Crippen molar-refractivity contribution >= 4 is 34.8 Å². The number of carbonyl (C=O) groups is 1. The Labute approximate surface area is 110 Å². The minimum absolute atomic E-state index is 0.0580. The molecule has 1 aromatic heterocycles. The minimum atomic E-state index is 0.0580. The Morgan fingerprint density at radius 3 is 2.82 bits per heavy atom. The Hall–Kier alpha value is -0.750. The zero-order valence-electron chi connectivity index (χ0n) is 9.94. The highest BCUT2D eigenvalue weighted by molar-refractivity contribution is 8.01. The fourth-order valence-electron chi connectivity index (χ4n) is 1.89. The predicted molar refractivity (Wildman–Crippen MR) is 72.7 cm³/mol. The Morgan fingerprint density at radius 2 is 2.18 bits per heavy atom. The van der Waals surface area contributed by atoms with Crippen LogP contribution in [-0.4, -0.2) is 34.6 Å². The zero-order chi connectivity index (χ0) is 12.3. The molecule has 1 amide bonds. The van der Waals surface area contributed by atoms with Gasteiger partial charge in [0, 0.05) is 13.1 Å². The first-order chi connectivity index (χ1) is 8.22. The maximum absolute atomic E-state index is 12.2. The second-order valence-electron chi connectivity index (χ2n) is 3.98. The Morgan fingerprint density at radius 1 is 1.47 bits per heavy atom. The van der Waals surface area contributed by atoms with Crippen molar-refractivity contribution in [2.75, 3.05) is 24.6 Å². The number of nitrogen functional groups attached to an aromatic ring is 1. The smallest absolute Gasteiger partial charge is 0.267 e. The van der Waals surface area contributed by atoms with Crippen molar-refractivity contribution in [3.63, 3.8) is 0 Å². The van der Waals surface area contributed by atoms with E-state index in [1.165, 1.54) is 17.8 Å². The summed E-state index contributed by atoms with van der Waals surface area (Å²) in [7, 11) is 0. The number of nitrogens with zero attached hydrogens (tertiary/aromatic N) is 2. The van der Waals surface area contributed by atoms with Gasteiger partial charge in [0.15, 0.2) is 4.34 Å². The van der Waals surface area contributed by atoms with Gasteiger partial charge in [-0.05, 0) is 25.0 Å². The fourth-order valence-corrected chi connectivity index (χ4v) is 3.82. The van der Waals surface area contributed by atoms with E-state index in [4.69, 9.17) is 5.73 Å². The Balaban J connectivity index is 2.12. The van der Waals surface area contributed by atoms with Gasteiger partial charge >= 0.3 is 0 Å². The van der Waals surface area contributed by atoms with E-state index in [1.54, 1.807) is 11.8 Å². The van der Waals surface area contributed by atoms with Crippen LogP contribution in [0.2, 0.25) is 0 Å². The van der Waals surface area contributed by atoms with Gasteiger partial charge < -0.3 is 10.6 Å². The van der Waals surface area contributed by atoms with E-state index in [2.05, 4.69) is 11.9 Å². The van der Waals surface area contributed by atoms with Crippen LogP contribution in [0.15, 0.2) is 4.34 Å². The normalized spacial score (nSPS) is 16.2. The van der Waals surface area contributed by atoms with E-state index in [9.17, 15) is 4.79 Å². The molecule has 1 aliphatic heterocycles. The van der Waals surface area contributed by atoms with E-state index in [0.29, 0.717) is 10.7 Å². The summed E-state index contributed by atoms with van der Waals surface area (Å²) < 4.78 is 0.894. The third kappa shape index (κ3) is 2.93. The number of nitrogens with two attached hydrogens (primary N) is 1. The van der Waals surface area contributed by atoms with E-state index in [0.717, 1.165) is 36.0 Å². The number of piperidine rings is 1. The van der Waals surface area contributed by atoms with Gasteiger partial charge in [-0.25, -0.2) is 4.98 Å². The van der Waals surface area contributed by atoms with E-state index >= 15 is 0 Å². The highest BCUT2D eigenvalue weighted by atomic mass is 32.2. The zero-order valence-corrected chi connectivity index (χ0v) is 11.6. The molecule has 1 fully saturated rings. The summed E-state index contributed by atoms with van der Waals surface area (Å²) in [5.41, 5.74) is 5.82. The molecule has 1 saturated heterocycles. The topological polar surface area (TPSA) is 59.2 Å². The highest BCUT2D eigenvalue weighted by Crippen LogP contribution is 2.30. The molecule has 2 heterocycles. The van der Waals surface area contributed by atoms with Gasteiger partial charge in [-0.1, -0.05) is 18.7 Å². The molecule has 0 aliphatic carbocycles. The number of aromatic nitrogens is 1.